The number of nitrogens with zero attached hydrogens (tertiary/aromatic N) is 4. The highest BCUT2D eigenvalue weighted by Gasteiger charge is 2.14. The van der Waals surface area contributed by atoms with Gasteiger partial charge in [-0.3, -0.25) is 4.98 Å². The molecule has 0 saturated carbocycles. The molecule has 3 rings (SSSR count). The molecule has 6 heteroatoms. The Labute approximate surface area is 121 Å². The summed E-state index contributed by atoms with van der Waals surface area (Å²) < 4.78 is 2.97. The van der Waals surface area contributed by atoms with Gasteiger partial charge in [-0.15, -0.1) is 0 Å². The fraction of sp³-hybridized carbons (Fsp3) is 0.357. The Morgan fingerprint density at radius 2 is 2.10 bits per heavy atom. The van der Waals surface area contributed by atoms with Crippen molar-refractivity contribution < 1.29 is 0 Å². The van der Waals surface area contributed by atoms with Gasteiger partial charge in [-0.1, -0.05) is 17.4 Å². The van der Waals surface area contributed by atoms with Gasteiger partial charge in [0, 0.05) is 18.9 Å². The molecule has 3 aromatic rings. The minimum absolute atomic E-state index is 0.178. The normalized spacial score (nSPS) is 12.8. The molecule has 0 fully saturated rings. The van der Waals surface area contributed by atoms with Crippen LogP contribution in [0.5, 0.6) is 0 Å². The van der Waals surface area contributed by atoms with Crippen molar-refractivity contribution in [2.24, 2.45) is 7.05 Å². The van der Waals surface area contributed by atoms with Crippen molar-refractivity contribution in [2.45, 2.75) is 26.8 Å². The number of fused-ring (bicyclic) bond motifs is 1. The first kappa shape index (κ1) is 13.1. The van der Waals surface area contributed by atoms with Gasteiger partial charge in [0.15, 0.2) is 10.8 Å². The minimum atomic E-state index is 0.178. The average Bonchev–Trinajstić information content (AvgIpc) is 2.93. The predicted molar refractivity (Wildman–Crippen MR) is 82.1 cm³/mol. The van der Waals surface area contributed by atoms with Crippen LogP contribution < -0.4 is 5.32 Å². The number of nitrogens with one attached hydrogen (secondary N) is 1. The molecular formula is C14H17N5S. The van der Waals surface area contributed by atoms with E-state index in [2.05, 4.69) is 33.4 Å². The van der Waals surface area contributed by atoms with Crippen molar-refractivity contribution >= 4 is 26.8 Å². The molecule has 0 bridgehead atoms. The maximum Gasteiger partial charge on any atom is 0.185 e. The molecule has 0 aliphatic carbocycles. The Hall–Kier alpha value is -1.95. The molecule has 0 unspecified atom stereocenters. The van der Waals surface area contributed by atoms with Gasteiger partial charge in [-0.2, -0.15) is 5.10 Å². The quantitative estimate of drug-likeness (QED) is 0.803. The molecule has 0 aliphatic heterocycles. The summed E-state index contributed by atoms with van der Waals surface area (Å²) in [6, 6.07) is 4.30. The van der Waals surface area contributed by atoms with Gasteiger partial charge in [-0.05, 0) is 32.4 Å². The highest BCUT2D eigenvalue weighted by molar-refractivity contribution is 7.22. The van der Waals surface area contributed by atoms with Crippen molar-refractivity contribution in [3.8, 4) is 0 Å². The SMILES string of the molecule is Cc1ccc([C@@H](C)Nc2nc3c(s2)c(C)nn3C)cn1. The van der Waals surface area contributed by atoms with Crippen LogP contribution in [0.15, 0.2) is 18.3 Å². The molecule has 0 aromatic carbocycles. The maximum absolute atomic E-state index is 4.60. The standard InChI is InChI=1S/C14H17N5S/c1-8-5-6-11(7-15-8)9(2)16-14-17-13-12(20-14)10(3)18-19(13)4/h5-7,9H,1-4H3,(H,16,17)/t9-/m1/s1. The van der Waals surface area contributed by atoms with Gasteiger partial charge in [0.25, 0.3) is 0 Å². The topological polar surface area (TPSA) is 55.6 Å². The number of thiazole rings is 1. The van der Waals surface area contributed by atoms with Gasteiger partial charge in [-0.25, -0.2) is 9.67 Å². The molecule has 0 spiro atoms. The lowest BCUT2D eigenvalue weighted by Crippen LogP contribution is -2.07. The first-order chi connectivity index (χ1) is 9.54. The van der Waals surface area contributed by atoms with E-state index < -0.39 is 0 Å². The Bertz CT molecular complexity index is 706. The number of anilines is 1. The second-order valence-corrected chi connectivity index (χ2v) is 5.98. The molecule has 104 valence electrons. The number of hydrogen-bond acceptors (Lipinski definition) is 5. The molecule has 0 aliphatic rings. The van der Waals surface area contributed by atoms with Crippen LogP contribution in [0.2, 0.25) is 0 Å². The number of rotatable bonds is 3. The molecule has 0 radical (unpaired) electrons. The van der Waals surface area contributed by atoms with Gasteiger partial charge in [0.05, 0.1) is 16.4 Å². The monoisotopic (exact) mass is 287 g/mol. The lowest BCUT2D eigenvalue weighted by Gasteiger charge is -2.12. The summed E-state index contributed by atoms with van der Waals surface area (Å²) in [4.78, 5) is 8.94. The second kappa shape index (κ2) is 4.86. The lowest BCUT2D eigenvalue weighted by atomic mass is 10.1. The summed E-state index contributed by atoms with van der Waals surface area (Å²) in [7, 11) is 1.92. The molecule has 1 atom stereocenters. The van der Waals surface area contributed by atoms with Gasteiger partial charge >= 0.3 is 0 Å². The first-order valence-corrected chi connectivity index (χ1v) is 7.35. The average molecular weight is 287 g/mol. The van der Waals surface area contributed by atoms with Gasteiger partial charge < -0.3 is 5.32 Å². The van der Waals surface area contributed by atoms with Crippen LogP contribution in [0.25, 0.3) is 10.3 Å². The zero-order valence-electron chi connectivity index (χ0n) is 12.0. The van der Waals surface area contributed by atoms with Crippen LogP contribution in [0, 0.1) is 13.8 Å². The van der Waals surface area contributed by atoms with E-state index in [0.29, 0.717) is 0 Å². The summed E-state index contributed by atoms with van der Waals surface area (Å²) in [5, 5.41) is 8.72. The molecular weight excluding hydrogens is 270 g/mol. The fourth-order valence-electron chi connectivity index (χ4n) is 2.15. The maximum atomic E-state index is 4.60. The third kappa shape index (κ3) is 2.27. The van der Waals surface area contributed by atoms with Crippen LogP contribution >= 0.6 is 11.3 Å². The zero-order chi connectivity index (χ0) is 14.3. The molecule has 3 heterocycles. The van der Waals surface area contributed by atoms with E-state index in [9.17, 15) is 0 Å². The molecule has 1 N–H and O–H groups in total. The largest absolute Gasteiger partial charge is 0.355 e. The Morgan fingerprint density at radius 3 is 2.75 bits per heavy atom. The van der Waals surface area contributed by atoms with Crippen LogP contribution in [0.4, 0.5) is 5.13 Å². The highest BCUT2D eigenvalue weighted by Crippen LogP contribution is 2.30. The Balaban J connectivity index is 1.85. The fourth-order valence-corrected chi connectivity index (χ4v) is 3.17. The lowest BCUT2D eigenvalue weighted by molar-refractivity contribution is 0.773. The first-order valence-electron chi connectivity index (χ1n) is 6.54. The third-order valence-corrected chi connectivity index (χ3v) is 4.40. The molecule has 3 aromatic heterocycles. The number of hydrogen-bond donors (Lipinski definition) is 1. The summed E-state index contributed by atoms with van der Waals surface area (Å²) in [5.41, 5.74) is 4.15. The van der Waals surface area contributed by atoms with Crippen molar-refractivity contribution in [3.63, 3.8) is 0 Å². The highest BCUT2D eigenvalue weighted by atomic mass is 32.1. The van der Waals surface area contributed by atoms with Gasteiger partial charge in [0.1, 0.15) is 0 Å². The van der Waals surface area contributed by atoms with E-state index in [1.165, 1.54) is 0 Å². The summed E-state index contributed by atoms with van der Waals surface area (Å²) in [6.45, 7) is 6.12. The summed E-state index contributed by atoms with van der Waals surface area (Å²) >= 11 is 1.64. The number of aryl methyl sites for hydroxylation is 3. The molecule has 0 saturated heterocycles. The van der Waals surface area contributed by atoms with E-state index in [1.54, 1.807) is 11.3 Å². The summed E-state index contributed by atoms with van der Waals surface area (Å²) in [5.74, 6) is 0. The van der Waals surface area contributed by atoms with Crippen molar-refractivity contribution in [3.05, 3.63) is 35.3 Å². The van der Waals surface area contributed by atoms with Gasteiger partial charge in [0.2, 0.25) is 0 Å². The van der Waals surface area contributed by atoms with E-state index in [0.717, 1.165) is 32.4 Å². The smallest absolute Gasteiger partial charge is 0.185 e. The van der Waals surface area contributed by atoms with Crippen molar-refractivity contribution in [1.29, 1.82) is 0 Å². The molecule has 20 heavy (non-hydrogen) atoms. The number of pyridine rings is 1. The van der Waals surface area contributed by atoms with Crippen LogP contribution in [0.1, 0.15) is 29.9 Å². The Kier molecular flexibility index (Phi) is 3.17. The van der Waals surface area contributed by atoms with E-state index in [4.69, 9.17) is 0 Å². The van der Waals surface area contributed by atoms with Crippen molar-refractivity contribution in [2.75, 3.05) is 5.32 Å². The molecule has 5 nitrogen and oxygen atoms in total. The van der Waals surface area contributed by atoms with Crippen molar-refractivity contribution in [1.82, 2.24) is 19.7 Å². The van der Waals surface area contributed by atoms with E-state index >= 15 is 0 Å². The zero-order valence-corrected chi connectivity index (χ0v) is 12.8. The minimum Gasteiger partial charge on any atom is -0.355 e. The van der Waals surface area contributed by atoms with Crippen LogP contribution in [-0.2, 0) is 7.05 Å². The van der Waals surface area contributed by atoms with E-state index in [-0.39, 0.29) is 6.04 Å². The second-order valence-electron chi connectivity index (χ2n) is 4.98. The Morgan fingerprint density at radius 1 is 1.30 bits per heavy atom. The van der Waals surface area contributed by atoms with Crippen LogP contribution in [-0.4, -0.2) is 19.7 Å². The summed E-state index contributed by atoms with van der Waals surface area (Å²) in [6.07, 6.45) is 1.91. The van der Waals surface area contributed by atoms with Crippen LogP contribution in [0.3, 0.4) is 0 Å². The number of aromatic nitrogens is 4. The van der Waals surface area contributed by atoms with E-state index in [1.807, 2.05) is 37.8 Å². The molecule has 0 amide bonds. The third-order valence-electron chi connectivity index (χ3n) is 3.32. The predicted octanol–water partition coefficient (Wildman–Crippen LogP) is 3.21.